The predicted molar refractivity (Wildman–Crippen MR) is 52.6 cm³/mol. The van der Waals surface area contributed by atoms with Crippen LogP contribution in [0, 0.1) is 0 Å². The van der Waals surface area contributed by atoms with E-state index >= 15 is 0 Å². The second kappa shape index (κ2) is 3.80. The third-order valence-electron chi connectivity index (χ3n) is 1.96. The van der Waals surface area contributed by atoms with Crippen molar-refractivity contribution < 1.29 is 22.5 Å². The van der Waals surface area contributed by atoms with Crippen LogP contribution in [-0.2, 0) is 21.5 Å². The largest absolute Gasteiger partial charge is 0.457 e. The first-order valence-corrected chi connectivity index (χ1v) is 5.20. The fourth-order valence-corrected chi connectivity index (χ4v) is 1.76. The summed E-state index contributed by atoms with van der Waals surface area (Å²) in [6, 6.07) is 3.79. The van der Waals surface area contributed by atoms with Crippen LogP contribution in [0.3, 0.4) is 0 Å². The van der Waals surface area contributed by atoms with Crippen LogP contribution in [0.15, 0.2) is 23.1 Å². The zero-order valence-electron chi connectivity index (χ0n) is 7.34. The SMILES string of the molecule is Cl.O=C1OCc2ccc(S(=O)(=O)O)cc21. The van der Waals surface area contributed by atoms with Gasteiger partial charge in [0.15, 0.2) is 0 Å². The number of benzene rings is 1. The zero-order chi connectivity index (χ0) is 10.3. The lowest BCUT2D eigenvalue weighted by Gasteiger charge is -1.97. The first-order valence-electron chi connectivity index (χ1n) is 3.76. The highest BCUT2D eigenvalue weighted by molar-refractivity contribution is 7.85. The molecule has 0 radical (unpaired) electrons. The Kier molecular flexibility index (Phi) is 3.03. The molecule has 0 atom stereocenters. The number of esters is 1. The number of carbonyl (C=O) groups excluding carboxylic acids is 1. The minimum absolute atomic E-state index is 0. The standard InChI is InChI=1S/C8H6O5S.ClH/c9-8-7-3-6(14(10,11)12)2-1-5(7)4-13-8;/h1-3H,4H2,(H,10,11,12);1H. The summed E-state index contributed by atoms with van der Waals surface area (Å²) in [5.41, 5.74) is 0.822. The van der Waals surface area contributed by atoms with Crippen molar-refractivity contribution in [3.8, 4) is 0 Å². The average Bonchev–Trinajstić information content (AvgIpc) is 2.46. The normalized spacial score (nSPS) is 14.1. The molecule has 0 saturated carbocycles. The molecule has 1 aliphatic rings. The number of halogens is 1. The van der Waals surface area contributed by atoms with Gasteiger partial charge in [-0.2, -0.15) is 8.42 Å². The van der Waals surface area contributed by atoms with E-state index in [0.717, 1.165) is 6.07 Å². The maximum Gasteiger partial charge on any atom is 0.338 e. The lowest BCUT2D eigenvalue weighted by molar-refractivity contribution is 0.0535. The number of carbonyl (C=O) groups is 1. The van der Waals surface area contributed by atoms with Gasteiger partial charge in [-0.15, -0.1) is 12.4 Å². The third kappa shape index (κ3) is 2.11. The van der Waals surface area contributed by atoms with E-state index in [2.05, 4.69) is 4.74 Å². The fraction of sp³-hybridized carbons (Fsp3) is 0.125. The molecule has 0 unspecified atom stereocenters. The van der Waals surface area contributed by atoms with Crippen molar-refractivity contribution in [3.05, 3.63) is 29.3 Å². The summed E-state index contributed by atoms with van der Waals surface area (Å²) >= 11 is 0. The molecule has 0 aliphatic carbocycles. The number of cyclic esters (lactones) is 1. The van der Waals surface area contributed by atoms with Crippen molar-refractivity contribution >= 4 is 28.5 Å². The molecule has 2 rings (SSSR count). The maximum absolute atomic E-state index is 11.0. The smallest absolute Gasteiger partial charge is 0.338 e. The molecule has 0 amide bonds. The van der Waals surface area contributed by atoms with E-state index in [4.69, 9.17) is 4.55 Å². The molecule has 1 aromatic rings. The molecule has 0 bridgehead atoms. The zero-order valence-corrected chi connectivity index (χ0v) is 8.97. The van der Waals surface area contributed by atoms with Crippen LogP contribution in [0.2, 0.25) is 0 Å². The van der Waals surface area contributed by atoms with Crippen molar-refractivity contribution in [2.24, 2.45) is 0 Å². The molecule has 5 nitrogen and oxygen atoms in total. The van der Waals surface area contributed by atoms with Crippen LogP contribution < -0.4 is 0 Å². The van der Waals surface area contributed by atoms with Gasteiger partial charge in [-0.1, -0.05) is 6.07 Å². The van der Waals surface area contributed by atoms with Gasteiger partial charge in [0.05, 0.1) is 10.5 Å². The van der Waals surface area contributed by atoms with E-state index in [1.54, 1.807) is 0 Å². The van der Waals surface area contributed by atoms with Gasteiger partial charge in [0.1, 0.15) is 6.61 Å². The molecule has 7 heteroatoms. The Morgan fingerprint density at radius 1 is 1.33 bits per heavy atom. The first kappa shape index (κ1) is 12.0. The second-order valence-electron chi connectivity index (χ2n) is 2.87. The van der Waals surface area contributed by atoms with Crippen LogP contribution in [-0.4, -0.2) is 18.9 Å². The van der Waals surface area contributed by atoms with Crippen LogP contribution in [0.4, 0.5) is 0 Å². The Bertz CT molecular complexity index is 508. The summed E-state index contributed by atoms with van der Waals surface area (Å²) < 4.78 is 34.9. The maximum atomic E-state index is 11.0. The Morgan fingerprint density at radius 3 is 2.60 bits per heavy atom. The van der Waals surface area contributed by atoms with Gasteiger partial charge >= 0.3 is 5.97 Å². The lowest BCUT2D eigenvalue weighted by Crippen LogP contribution is -2.01. The molecular formula is C8H7ClO5S. The molecule has 1 aromatic carbocycles. The highest BCUT2D eigenvalue weighted by atomic mass is 35.5. The molecule has 0 spiro atoms. The molecular weight excluding hydrogens is 244 g/mol. The lowest BCUT2D eigenvalue weighted by atomic mass is 10.1. The Balaban J connectivity index is 0.00000112. The molecule has 1 N–H and O–H groups in total. The third-order valence-corrected chi connectivity index (χ3v) is 2.81. The second-order valence-corrected chi connectivity index (χ2v) is 4.29. The molecule has 0 saturated heterocycles. The minimum atomic E-state index is -4.26. The van der Waals surface area contributed by atoms with E-state index < -0.39 is 16.1 Å². The summed E-state index contributed by atoms with van der Waals surface area (Å²) in [6.45, 7) is 0.153. The minimum Gasteiger partial charge on any atom is -0.457 e. The molecule has 1 heterocycles. The quantitative estimate of drug-likeness (QED) is 0.595. The number of hydrogen-bond donors (Lipinski definition) is 1. The number of rotatable bonds is 1. The van der Waals surface area contributed by atoms with Crippen LogP contribution in [0.25, 0.3) is 0 Å². The van der Waals surface area contributed by atoms with Gasteiger partial charge < -0.3 is 4.74 Å². The van der Waals surface area contributed by atoms with Gasteiger partial charge in [0, 0.05) is 5.56 Å². The summed E-state index contributed by atoms with van der Waals surface area (Å²) in [5, 5.41) is 0. The monoisotopic (exact) mass is 250 g/mol. The van der Waals surface area contributed by atoms with Crippen LogP contribution >= 0.6 is 12.4 Å². The van der Waals surface area contributed by atoms with E-state index in [9.17, 15) is 13.2 Å². The predicted octanol–water partition coefficient (Wildman–Crippen LogP) is 1.03. The van der Waals surface area contributed by atoms with E-state index in [-0.39, 0.29) is 29.5 Å². The molecule has 1 aliphatic heterocycles. The van der Waals surface area contributed by atoms with E-state index in [1.807, 2.05) is 0 Å². The average molecular weight is 251 g/mol. The van der Waals surface area contributed by atoms with Gasteiger partial charge in [-0.25, -0.2) is 4.79 Å². The summed E-state index contributed by atoms with van der Waals surface area (Å²) in [5.74, 6) is -0.564. The number of fused-ring (bicyclic) bond motifs is 1. The molecule has 0 fully saturated rings. The van der Waals surface area contributed by atoms with Crippen LogP contribution in [0.5, 0.6) is 0 Å². The number of hydrogen-bond acceptors (Lipinski definition) is 4. The van der Waals surface area contributed by atoms with Gasteiger partial charge in [0.2, 0.25) is 0 Å². The van der Waals surface area contributed by atoms with Gasteiger partial charge in [-0.05, 0) is 12.1 Å². The van der Waals surface area contributed by atoms with Crippen molar-refractivity contribution in [2.45, 2.75) is 11.5 Å². The highest BCUT2D eigenvalue weighted by Gasteiger charge is 2.23. The Hall–Kier alpha value is -1.11. The van der Waals surface area contributed by atoms with Crippen molar-refractivity contribution in [1.82, 2.24) is 0 Å². The number of ether oxygens (including phenoxy) is 1. The fourth-order valence-electron chi connectivity index (χ4n) is 1.25. The Labute approximate surface area is 92.2 Å². The summed E-state index contributed by atoms with van der Waals surface area (Å²) in [7, 11) is -4.26. The molecule has 15 heavy (non-hydrogen) atoms. The van der Waals surface area contributed by atoms with Gasteiger partial charge in [0.25, 0.3) is 10.1 Å². The Morgan fingerprint density at radius 2 is 2.00 bits per heavy atom. The summed E-state index contributed by atoms with van der Waals surface area (Å²) in [6.07, 6.45) is 0. The highest BCUT2D eigenvalue weighted by Crippen LogP contribution is 2.22. The molecule has 0 aromatic heterocycles. The van der Waals surface area contributed by atoms with Gasteiger partial charge in [-0.3, -0.25) is 4.55 Å². The summed E-state index contributed by atoms with van der Waals surface area (Å²) in [4.78, 5) is 10.7. The van der Waals surface area contributed by atoms with Crippen molar-refractivity contribution in [3.63, 3.8) is 0 Å². The topological polar surface area (TPSA) is 80.7 Å². The van der Waals surface area contributed by atoms with Crippen molar-refractivity contribution in [2.75, 3.05) is 0 Å². The first-order chi connectivity index (χ1) is 6.48. The van der Waals surface area contributed by atoms with E-state index in [1.165, 1.54) is 12.1 Å². The van der Waals surface area contributed by atoms with E-state index in [0.29, 0.717) is 5.56 Å². The molecule has 82 valence electrons. The van der Waals surface area contributed by atoms with Crippen LogP contribution in [0.1, 0.15) is 15.9 Å². The van der Waals surface area contributed by atoms with Crippen molar-refractivity contribution in [1.29, 1.82) is 0 Å².